The topological polar surface area (TPSA) is 37.3 Å². The van der Waals surface area contributed by atoms with E-state index in [1.807, 2.05) is 103 Å². The fourth-order valence-corrected chi connectivity index (χ4v) is 5.34. The maximum absolute atomic E-state index is 14.1. The van der Waals surface area contributed by atoms with E-state index >= 15 is 0 Å². The van der Waals surface area contributed by atoms with Crippen molar-refractivity contribution in [1.29, 1.82) is 0 Å². The lowest BCUT2D eigenvalue weighted by Gasteiger charge is -2.39. The molecule has 0 aromatic heterocycles. The molecule has 0 saturated heterocycles. The van der Waals surface area contributed by atoms with Crippen LogP contribution in [-0.2, 0) is 10.4 Å². The SMILES string of the molecule is O=C1C(c2ccccc2)=C2c3ccccc3-c3ccccc3[C@]2(O)[C@@H]1c1ccccc1. The molecule has 31 heavy (non-hydrogen) atoms. The summed E-state index contributed by atoms with van der Waals surface area (Å²) in [4.78, 5) is 14.1. The molecule has 0 fully saturated rings. The number of rotatable bonds is 2. The molecule has 0 heterocycles. The smallest absolute Gasteiger partial charge is 0.174 e. The van der Waals surface area contributed by atoms with Crippen molar-refractivity contribution < 1.29 is 9.90 Å². The standard InChI is InChI=1S/C29H20O2/c30-28-25(19-11-3-1-4-12-19)27-23-17-8-7-15-21(23)22-16-9-10-18-24(22)29(27,31)26(28)20-13-5-2-6-14-20/h1-18,26,31H/t26-,29+/m1/s1. The molecule has 1 N–H and O–H groups in total. The number of carbonyl (C=O) groups excluding carboxylic acids is 1. The summed E-state index contributed by atoms with van der Waals surface area (Å²) in [6.45, 7) is 0. The molecule has 0 bridgehead atoms. The van der Waals surface area contributed by atoms with Gasteiger partial charge >= 0.3 is 0 Å². The molecule has 0 saturated carbocycles. The van der Waals surface area contributed by atoms with E-state index in [-0.39, 0.29) is 5.78 Å². The van der Waals surface area contributed by atoms with Crippen LogP contribution in [0.4, 0.5) is 0 Å². The van der Waals surface area contributed by atoms with Gasteiger partial charge in [0, 0.05) is 11.1 Å². The highest BCUT2D eigenvalue weighted by Gasteiger charge is 2.57. The van der Waals surface area contributed by atoms with E-state index in [0.717, 1.165) is 33.4 Å². The number of hydrogen-bond acceptors (Lipinski definition) is 2. The largest absolute Gasteiger partial charge is 0.379 e. The first kappa shape index (κ1) is 18.1. The average molecular weight is 400 g/mol. The van der Waals surface area contributed by atoms with E-state index < -0.39 is 11.5 Å². The van der Waals surface area contributed by atoms with E-state index in [0.29, 0.717) is 11.1 Å². The molecule has 148 valence electrons. The minimum Gasteiger partial charge on any atom is -0.379 e. The van der Waals surface area contributed by atoms with Gasteiger partial charge in [-0.3, -0.25) is 4.79 Å². The molecular weight excluding hydrogens is 380 g/mol. The van der Waals surface area contributed by atoms with Gasteiger partial charge in [-0.25, -0.2) is 0 Å². The van der Waals surface area contributed by atoms with Gasteiger partial charge in [0.25, 0.3) is 0 Å². The second kappa shape index (κ2) is 6.63. The second-order valence-corrected chi connectivity index (χ2v) is 8.18. The Morgan fingerprint density at radius 2 is 1.16 bits per heavy atom. The predicted molar refractivity (Wildman–Crippen MR) is 123 cm³/mol. The summed E-state index contributed by atoms with van der Waals surface area (Å²) >= 11 is 0. The maximum atomic E-state index is 14.1. The van der Waals surface area contributed by atoms with Crippen LogP contribution in [0.5, 0.6) is 0 Å². The Balaban J connectivity index is 1.76. The van der Waals surface area contributed by atoms with Crippen molar-refractivity contribution >= 4 is 16.9 Å². The number of Topliss-reactive ketones (excluding diaryl/α,β-unsaturated/α-hetero) is 1. The van der Waals surface area contributed by atoms with E-state index in [4.69, 9.17) is 0 Å². The summed E-state index contributed by atoms with van der Waals surface area (Å²) in [5.41, 5.74) is 5.30. The highest BCUT2D eigenvalue weighted by atomic mass is 16.3. The Morgan fingerprint density at radius 3 is 1.87 bits per heavy atom. The van der Waals surface area contributed by atoms with Gasteiger partial charge in [-0.1, -0.05) is 109 Å². The molecule has 0 unspecified atom stereocenters. The van der Waals surface area contributed by atoms with Gasteiger partial charge in [0.15, 0.2) is 5.78 Å². The number of aliphatic hydroxyl groups is 1. The normalized spacial score (nSPS) is 21.5. The lowest BCUT2D eigenvalue weighted by molar-refractivity contribution is -0.118. The van der Waals surface area contributed by atoms with Crippen molar-refractivity contribution in [2.45, 2.75) is 11.5 Å². The molecule has 0 spiro atoms. The summed E-state index contributed by atoms with van der Waals surface area (Å²) in [6, 6.07) is 35.4. The molecule has 2 nitrogen and oxygen atoms in total. The Hall–Kier alpha value is -3.75. The van der Waals surface area contributed by atoms with Crippen LogP contribution >= 0.6 is 0 Å². The molecule has 2 heteroatoms. The molecule has 4 aromatic rings. The van der Waals surface area contributed by atoms with Crippen molar-refractivity contribution in [3.05, 3.63) is 131 Å². The van der Waals surface area contributed by atoms with Crippen LogP contribution in [-0.4, -0.2) is 10.9 Å². The number of allylic oxidation sites excluding steroid dienone is 1. The van der Waals surface area contributed by atoms with Gasteiger partial charge in [-0.05, 0) is 33.4 Å². The van der Waals surface area contributed by atoms with Crippen molar-refractivity contribution in [3.63, 3.8) is 0 Å². The van der Waals surface area contributed by atoms with E-state index in [2.05, 4.69) is 6.07 Å². The van der Waals surface area contributed by atoms with Crippen LogP contribution in [0, 0.1) is 0 Å². The summed E-state index contributed by atoms with van der Waals surface area (Å²) in [5.74, 6) is -0.741. The quantitative estimate of drug-likeness (QED) is 0.459. The molecule has 2 aliphatic rings. The molecule has 2 aliphatic carbocycles. The van der Waals surface area contributed by atoms with Crippen LogP contribution < -0.4 is 0 Å². The van der Waals surface area contributed by atoms with Gasteiger partial charge in [-0.2, -0.15) is 0 Å². The number of fused-ring (bicyclic) bond motifs is 6. The number of hydrogen-bond donors (Lipinski definition) is 1. The van der Waals surface area contributed by atoms with Gasteiger partial charge in [0.05, 0.1) is 5.92 Å². The monoisotopic (exact) mass is 400 g/mol. The first-order valence-electron chi connectivity index (χ1n) is 10.5. The molecule has 6 rings (SSSR count). The van der Waals surface area contributed by atoms with E-state index in [1.165, 1.54) is 0 Å². The Labute approximate surface area is 181 Å². The summed E-state index contributed by atoms with van der Waals surface area (Å²) in [5, 5.41) is 12.5. The van der Waals surface area contributed by atoms with Crippen LogP contribution in [0.2, 0.25) is 0 Å². The first-order chi connectivity index (χ1) is 15.2. The summed E-state index contributed by atoms with van der Waals surface area (Å²) in [6.07, 6.45) is 0. The third kappa shape index (κ3) is 2.40. The van der Waals surface area contributed by atoms with Gasteiger partial charge in [0.1, 0.15) is 5.60 Å². The van der Waals surface area contributed by atoms with Gasteiger partial charge < -0.3 is 5.11 Å². The summed E-state index contributed by atoms with van der Waals surface area (Å²) < 4.78 is 0. The molecule has 0 radical (unpaired) electrons. The molecule has 0 aliphatic heterocycles. The van der Waals surface area contributed by atoms with E-state index in [9.17, 15) is 9.90 Å². The highest BCUT2D eigenvalue weighted by Crippen LogP contribution is 2.62. The van der Waals surface area contributed by atoms with Crippen molar-refractivity contribution in [2.75, 3.05) is 0 Å². The second-order valence-electron chi connectivity index (χ2n) is 8.18. The zero-order chi connectivity index (χ0) is 21.0. The van der Waals surface area contributed by atoms with Crippen LogP contribution in [0.25, 0.3) is 22.3 Å². The average Bonchev–Trinajstić information content (AvgIpc) is 3.08. The fourth-order valence-electron chi connectivity index (χ4n) is 5.34. The Morgan fingerprint density at radius 1 is 0.613 bits per heavy atom. The minimum absolute atomic E-state index is 0.0404. The molecular formula is C29H20O2. The molecule has 2 atom stereocenters. The van der Waals surface area contributed by atoms with Crippen LogP contribution in [0.3, 0.4) is 0 Å². The zero-order valence-corrected chi connectivity index (χ0v) is 16.8. The maximum Gasteiger partial charge on any atom is 0.174 e. The first-order valence-corrected chi connectivity index (χ1v) is 10.5. The molecule has 4 aromatic carbocycles. The highest BCUT2D eigenvalue weighted by molar-refractivity contribution is 6.36. The molecule has 0 amide bonds. The van der Waals surface area contributed by atoms with Crippen molar-refractivity contribution in [2.24, 2.45) is 0 Å². The Kier molecular flexibility index (Phi) is 3.86. The van der Waals surface area contributed by atoms with Crippen molar-refractivity contribution in [1.82, 2.24) is 0 Å². The predicted octanol–water partition coefficient (Wildman–Crippen LogP) is 5.83. The third-order valence-corrected chi connectivity index (χ3v) is 6.58. The Bertz CT molecular complexity index is 1350. The third-order valence-electron chi connectivity index (χ3n) is 6.58. The fraction of sp³-hybridized carbons (Fsp3) is 0.0690. The van der Waals surface area contributed by atoms with Crippen LogP contribution in [0.15, 0.2) is 109 Å². The minimum atomic E-state index is -1.44. The summed E-state index contributed by atoms with van der Waals surface area (Å²) in [7, 11) is 0. The number of benzene rings is 4. The lowest BCUT2D eigenvalue weighted by Crippen LogP contribution is -2.36. The number of ketones is 1. The van der Waals surface area contributed by atoms with E-state index in [1.54, 1.807) is 0 Å². The lowest BCUT2D eigenvalue weighted by atomic mass is 9.68. The van der Waals surface area contributed by atoms with Gasteiger partial charge in [-0.15, -0.1) is 0 Å². The zero-order valence-electron chi connectivity index (χ0n) is 16.8. The van der Waals surface area contributed by atoms with Crippen molar-refractivity contribution in [3.8, 4) is 11.1 Å². The van der Waals surface area contributed by atoms with Gasteiger partial charge in [0.2, 0.25) is 0 Å². The van der Waals surface area contributed by atoms with Crippen LogP contribution in [0.1, 0.15) is 28.2 Å². The number of carbonyl (C=O) groups is 1.